The Morgan fingerprint density at radius 1 is 0.973 bits per heavy atom. The van der Waals surface area contributed by atoms with Crippen LogP contribution in [0.5, 0.6) is 0 Å². The predicted octanol–water partition coefficient (Wildman–Crippen LogP) is 5.77. The van der Waals surface area contributed by atoms with Gasteiger partial charge in [0.2, 0.25) is 5.95 Å². The van der Waals surface area contributed by atoms with Gasteiger partial charge < -0.3 is 10.6 Å². The largest absolute Gasteiger partial charge is 0.348 e. The number of carbonyl (C=O) groups excluding carboxylic acids is 1. The van der Waals surface area contributed by atoms with E-state index >= 15 is 0 Å². The molecule has 0 fully saturated rings. The summed E-state index contributed by atoms with van der Waals surface area (Å²) in [6.45, 7) is 2.38. The summed E-state index contributed by atoms with van der Waals surface area (Å²) in [6, 6.07) is 24.3. The van der Waals surface area contributed by atoms with Gasteiger partial charge in [0.05, 0.1) is 0 Å². The highest BCUT2D eigenvalue weighted by molar-refractivity contribution is 7.84. The minimum absolute atomic E-state index is 0.141. The number of pyridine rings is 1. The topological polar surface area (TPSA) is 88.4 Å². The van der Waals surface area contributed by atoms with Crippen LogP contribution in [0.4, 0.5) is 11.6 Å². The number of anilines is 2. The Kier molecular flexibility index (Phi) is 7.03. The van der Waals surface area contributed by atoms with Crippen molar-refractivity contribution in [2.45, 2.75) is 18.4 Å². The van der Waals surface area contributed by atoms with Crippen LogP contribution in [0, 0.1) is 6.92 Å². The zero-order valence-electron chi connectivity index (χ0n) is 20.2. The quantitative estimate of drug-likeness (QED) is 0.279. The summed E-state index contributed by atoms with van der Waals surface area (Å²) < 4.78 is 13.4. The molecule has 1 unspecified atom stereocenters. The van der Waals surface area contributed by atoms with Gasteiger partial charge in [0.1, 0.15) is 0 Å². The molecule has 0 bridgehead atoms. The average Bonchev–Trinajstić information content (AvgIpc) is 3.31. The molecule has 9 heteroatoms. The van der Waals surface area contributed by atoms with Crippen LogP contribution in [0.1, 0.15) is 21.5 Å². The lowest BCUT2D eigenvalue weighted by atomic mass is 10.1. The molecule has 1 atom stereocenters. The van der Waals surface area contributed by atoms with E-state index in [9.17, 15) is 9.00 Å². The average molecular weight is 530 g/mol. The molecule has 0 radical (unpaired) electrons. The normalized spacial score (nSPS) is 11.9. The van der Waals surface area contributed by atoms with Crippen molar-refractivity contribution in [1.82, 2.24) is 19.9 Å². The molecule has 2 heterocycles. The molecule has 0 aliphatic carbocycles. The first-order chi connectivity index (χ1) is 17.9. The fraction of sp³-hybridized carbons (Fsp3) is 0.107. The van der Waals surface area contributed by atoms with Crippen molar-refractivity contribution in [1.29, 1.82) is 0 Å². The van der Waals surface area contributed by atoms with Crippen LogP contribution in [0.15, 0.2) is 90.0 Å². The third kappa shape index (κ3) is 5.71. The maximum atomic E-state index is 12.6. The summed E-state index contributed by atoms with van der Waals surface area (Å²) in [5.41, 5.74) is 5.99. The first kappa shape index (κ1) is 24.7. The molecular weight excluding hydrogens is 506 g/mol. The lowest BCUT2D eigenvalue weighted by molar-refractivity contribution is 0.0951. The predicted molar refractivity (Wildman–Crippen MR) is 148 cm³/mol. The number of carbonyl (C=O) groups is 1. The number of benzene rings is 3. The van der Waals surface area contributed by atoms with Crippen LogP contribution in [0.2, 0.25) is 5.02 Å². The SMILES string of the molecule is Cc1cc(S(C)=O)ccc1Nc1nc2ccc(-c3ccc(C(=O)NCc4ccc(Cl)cc4)cc3)cn2n1. The van der Waals surface area contributed by atoms with E-state index in [4.69, 9.17) is 11.6 Å². The summed E-state index contributed by atoms with van der Waals surface area (Å²) in [4.78, 5) is 17.9. The third-order valence-corrected chi connectivity index (χ3v) is 7.12. The van der Waals surface area contributed by atoms with Crippen molar-refractivity contribution in [3.05, 3.63) is 107 Å². The van der Waals surface area contributed by atoms with Gasteiger partial charge in [-0.25, -0.2) is 4.52 Å². The smallest absolute Gasteiger partial charge is 0.251 e. The number of aromatic nitrogens is 3. The molecule has 0 aliphatic rings. The number of nitrogens with zero attached hydrogens (tertiary/aromatic N) is 3. The molecule has 2 aromatic heterocycles. The lowest BCUT2D eigenvalue weighted by Gasteiger charge is -2.07. The van der Waals surface area contributed by atoms with Gasteiger partial charge in [0.15, 0.2) is 5.65 Å². The first-order valence-electron chi connectivity index (χ1n) is 11.6. The number of hydrogen-bond acceptors (Lipinski definition) is 5. The number of hydrogen-bond donors (Lipinski definition) is 2. The van der Waals surface area contributed by atoms with E-state index in [1.165, 1.54) is 0 Å². The van der Waals surface area contributed by atoms with Gasteiger partial charge in [-0.1, -0.05) is 35.9 Å². The first-order valence-corrected chi connectivity index (χ1v) is 13.5. The summed E-state index contributed by atoms with van der Waals surface area (Å²) in [6.07, 6.45) is 3.56. The Hall–Kier alpha value is -4.01. The van der Waals surface area contributed by atoms with Crippen molar-refractivity contribution >= 4 is 45.6 Å². The van der Waals surface area contributed by atoms with Crippen molar-refractivity contribution in [2.75, 3.05) is 11.6 Å². The number of nitrogens with one attached hydrogen (secondary N) is 2. The molecule has 7 nitrogen and oxygen atoms in total. The number of halogens is 1. The van der Waals surface area contributed by atoms with E-state index in [1.807, 2.05) is 67.7 Å². The maximum Gasteiger partial charge on any atom is 0.251 e. The Bertz CT molecular complexity index is 1610. The van der Waals surface area contributed by atoms with Crippen molar-refractivity contribution in [3.8, 4) is 11.1 Å². The van der Waals surface area contributed by atoms with Gasteiger partial charge in [-0.2, -0.15) is 4.98 Å². The molecular formula is C28H24ClN5O2S. The van der Waals surface area contributed by atoms with Gasteiger partial charge in [-0.15, -0.1) is 5.10 Å². The van der Waals surface area contributed by atoms with E-state index < -0.39 is 10.8 Å². The maximum absolute atomic E-state index is 12.6. The van der Waals surface area contributed by atoms with Crippen LogP contribution in [-0.4, -0.2) is 31.0 Å². The van der Waals surface area contributed by atoms with Crippen molar-refractivity contribution < 1.29 is 9.00 Å². The fourth-order valence-electron chi connectivity index (χ4n) is 3.88. The molecule has 186 valence electrons. The number of amides is 1. The van der Waals surface area contributed by atoms with E-state index in [0.29, 0.717) is 28.7 Å². The van der Waals surface area contributed by atoms with Crippen LogP contribution >= 0.6 is 11.6 Å². The van der Waals surface area contributed by atoms with Crippen molar-refractivity contribution in [3.63, 3.8) is 0 Å². The van der Waals surface area contributed by atoms with E-state index in [0.717, 1.165) is 32.8 Å². The van der Waals surface area contributed by atoms with Crippen LogP contribution in [-0.2, 0) is 17.3 Å². The fourth-order valence-corrected chi connectivity index (χ4v) is 4.61. The molecule has 37 heavy (non-hydrogen) atoms. The van der Waals surface area contributed by atoms with Gasteiger partial charge in [-0.3, -0.25) is 9.00 Å². The van der Waals surface area contributed by atoms with E-state index in [2.05, 4.69) is 20.7 Å². The van der Waals surface area contributed by atoms with Gasteiger partial charge in [-0.05, 0) is 78.2 Å². The van der Waals surface area contributed by atoms with Crippen molar-refractivity contribution in [2.24, 2.45) is 0 Å². The monoisotopic (exact) mass is 529 g/mol. The molecule has 0 saturated heterocycles. The number of aryl methyl sites for hydroxylation is 1. The zero-order valence-corrected chi connectivity index (χ0v) is 21.8. The second-order valence-electron chi connectivity index (χ2n) is 8.60. The molecule has 0 spiro atoms. The standard InChI is InChI=1S/C28H24ClN5O2S/c1-18-15-24(37(2)36)12-13-25(18)31-28-32-26-14-9-22(17-34(26)33-28)20-5-7-21(8-6-20)27(35)30-16-19-3-10-23(29)11-4-19/h3-15,17H,16H2,1-2H3,(H,30,35)(H,31,33). The van der Waals surface area contributed by atoms with Gasteiger partial charge >= 0.3 is 0 Å². The van der Waals surface area contributed by atoms with Gasteiger partial charge in [0.25, 0.3) is 5.91 Å². The number of fused-ring (bicyclic) bond motifs is 1. The number of rotatable bonds is 7. The minimum atomic E-state index is -1.03. The van der Waals surface area contributed by atoms with Crippen LogP contribution in [0.3, 0.4) is 0 Å². The molecule has 0 saturated carbocycles. The molecule has 2 N–H and O–H groups in total. The molecule has 5 rings (SSSR count). The molecule has 1 amide bonds. The molecule has 0 aliphatic heterocycles. The molecule has 5 aromatic rings. The Balaban J connectivity index is 1.28. The summed E-state index contributed by atoms with van der Waals surface area (Å²) in [7, 11) is -1.03. The summed E-state index contributed by atoms with van der Waals surface area (Å²) >= 11 is 5.91. The summed E-state index contributed by atoms with van der Waals surface area (Å²) in [5.74, 6) is 0.329. The highest BCUT2D eigenvalue weighted by atomic mass is 35.5. The third-order valence-electron chi connectivity index (χ3n) is 5.95. The summed E-state index contributed by atoms with van der Waals surface area (Å²) in [5, 5.41) is 11.4. The second-order valence-corrected chi connectivity index (χ2v) is 10.4. The van der Waals surface area contributed by atoms with Gasteiger partial charge in [0, 0.05) is 56.5 Å². The second kappa shape index (κ2) is 10.5. The Labute approximate surface area is 222 Å². The molecule has 3 aromatic carbocycles. The Morgan fingerprint density at radius 3 is 2.41 bits per heavy atom. The highest BCUT2D eigenvalue weighted by Crippen LogP contribution is 2.24. The highest BCUT2D eigenvalue weighted by Gasteiger charge is 2.10. The zero-order chi connectivity index (χ0) is 25.9. The lowest BCUT2D eigenvalue weighted by Crippen LogP contribution is -2.22. The minimum Gasteiger partial charge on any atom is -0.348 e. The van der Waals surface area contributed by atoms with Crippen LogP contribution < -0.4 is 10.6 Å². The van der Waals surface area contributed by atoms with E-state index in [1.54, 1.807) is 35.0 Å². The van der Waals surface area contributed by atoms with Crippen LogP contribution in [0.25, 0.3) is 16.8 Å². The Morgan fingerprint density at radius 2 is 1.70 bits per heavy atom. The van der Waals surface area contributed by atoms with E-state index in [-0.39, 0.29) is 5.91 Å².